The van der Waals surface area contributed by atoms with Gasteiger partial charge in [0.15, 0.2) is 0 Å². The van der Waals surface area contributed by atoms with Crippen LogP contribution in [-0.2, 0) is 5.54 Å². The number of nitrogens with two attached hydrogens (primary N) is 1. The fourth-order valence-electron chi connectivity index (χ4n) is 2.18. The molecule has 2 atom stereocenters. The van der Waals surface area contributed by atoms with Crippen molar-refractivity contribution in [1.29, 1.82) is 0 Å². The first kappa shape index (κ1) is 10.7. The molecule has 1 aliphatic rings. The monoisotopic (exact) mass is 207 g/mol. The molecule has 84 valence electrons. The fraction of sp³-hybridized carbons (Fsp3) is 0.750. The summed E-state index contributed by atoms with van der Waals surface area (Å²) in [5.74, 6) is 0.480. The first-order chi connectivity index (χ1) is 6.74. The molecule has 2 rings (SSSR count). The summed E-state index contributed by atoms with van der Waals surface area (Å²) in [6, 6.07) is 0.287. The second-order valence-corrected chi connectivity index (χ2v) is 6.21. The Morgan fingerprint density at radius 2 is 1.93 bits per heavy atom. The molecule has 1 saturated carbocycles. The molecular formula is C12H21N3. The minimum atomic E-state index is 0.0569. The third-order valence-corrected chi connectivity index (χ3v) is 3.56. The lowest BCUT2D eigenvalue weighted by Crippen LogP contribution is -2.21. The van der Waals surface area contributed by atoms with Gasteiger partial charge in [0.1, 0.15) is 0 Å². The fourth-order valence-corrected chi connectivity index (χ4v) is 2.18. The lowest BCUT2D eigenvalue weighted by atomic mass is 10.1. The van der Waals surface area contributed by atoms with Crippen LogP contribution in [0, 0.1) is 5.41 Å². The van der Waals surface area contributed by atoms with Crippen LogP contribution in [0.2, 0.25) is 0 Å². The van der Waals surface area contributed by atoms with Gasteiger partial charge < -0.3 is 5.73 Å². The predicted molar refractivity (Wildman–Crippen MR) is 61.7 cm³/mol. The van der Waals surface area contributed by atoms with Gasteiger partial charge in [0.05, 0.1) is 11.7 Å². The van der Waals surface area contributed by atoms with Crippen molar-refractivity contribution in [2.75, 3.05) is 0 Å². The second-order valence-electron chi connectivity index (χ2n) is 6.21. The first-order valence-corrected chi connectivity index (χ1v) is 5.55. The topological polar surface area (TPSA) is 43.8 Å². The number of aromatic nitrogens is 2. The van der Waals surface area contributed by atoms with E-state index < -0.39 is 0 Å². The predicted octanol–water partition coefficient (Wildman–Crippen LogP) is 2.09. The van der Waals surface area contributed by atoms with E-state index in [4.69, 9.17) is 5.73 Å². The lowest BCUT2D eigenvalue weighted by molar-refractivity contribution is 0.355. The largest absolute Gasteiger partial charge is 0.327 e. The van der Waals surface area contributed by atoms with Crippen LogP contribution in [0.25, 0.3) is 0 Å². The van der Waals surface area contributed by atoms with Gasteiger partial charge in [-0.05, 0) is 31.7 Å². The zero-order chi connectivity index (χ0) is 11.4. The van der Waals surface area contributed by atoms with Crippen LogP contribution < -0.4 is 5.73 Å². The zero-order valence-electron chi connectivity index (χ0n) is 10.3. The zero-order valence-corrected chi connectivity index (χ0v) is 10.3. The van der Waals surface area contributed by atoms with Crippen LogP contribution >= 0.6 is 0 Å². The van der Waals surface area contributed by atoms with Gasteiger partial charge in [0.25, 0.3) is 0 Å². The van der Waals surface area contributed by atoms with Crippen LogP contribution in [-0.4, -0.2) is 15.8 Å². The summed E-state index contributed by atoms with van der Waals surface area (Å²) < 4.78 is 2.02. The van der Waals surface area contributed by atoms with Gasteiger partial charge in [0, 0.05) is 18.2 Å². The van der Waals surface area contributed by atoms with E-state index >= 15 is 0 Å². The number of nitrogens with zero attached hydrogens (tertiary/aromatic N) is 2. The Morgan fingerprint density at radius 3 is 2.27 bits per heavy atom. The second kappa shape index (κ2) is 2.85. The van der Waals surface area contributed by atoms with E-state index in [2.05, 4.69) is 45.9 Å². The average Bonchev–Trinajstić information content (AvgIpc) is 2.53. The molecule has 0 spiro atoms. The van der Waals surface area contributed by atoms with Crippen molar-refractivity contribution in [3.05, 3.63) is 18.0 Å². The van der Waals surface area contributed by atoms with Gasteiger partial charge in [-0.2, -0.15) is 5.10 Å². The highest BCUT2D eigenvalue weighted by atomic mass is 15.3. The Balaban J connectivity index is 2.23. The first-order valence-electron chi connectivity index (χ1n) is 5.55. The maximum absolute atomic E-state index is 6.06. The molecule has 0 bridgehead atoms. The quantitative estimate of drug-likeness (QED) is 0.766. The Labute approximate surface area is 91.7 Å². The van der Waals surface area contributed by atoms with Gasteiger partial charge in [-0.25, -0.2) is 0 Å². The summed E-state index contributed by atoms with van der Waals surface area (Å²) in [7, 11) is 0. The Hall–Kier alpha value is -0.830. The summed E-state index contributed by atoms with van der Waals surface area (Å²) in [4.78, 5) is 0. The van der Waals surface area contributed by atoms with Crippen molar-refractivity contribution in [2.45, 2.75) is 52.1 Å². The van der Waals surface area contributed by atoms with Gasteiger partial charge in [-0.1, -0.05) is 13.8 Å². The molecule has 0 aromatic carbocycles. The average molecular weight is 207 g/mol. The van der Waals surface area contributed by atoms with Crippen LogP contribution in [0.15, 0.2) is 12.4 Å². The maximum atomic E-state index is 6.06. The van der Waals surface area contributed by atoms with E-state index in [1.807, 2.05) is 10.9 Å². The van der Waals surface area contributed by atoms with Crippen molar-refractivity contribution in [3.8, 4) is 0 Å². The molecule has 0 radical (unpaired) electrons. The highest BCUT2D eigenvalue weighted by Crippen LogP contribution is 2.57. The van der Waals surface area contributed by atoms with E-state index in [0.29, 0.717) is 5.92 Å². The highest BCUT2D eigenvalue weighted by Gasteiger charge is 2.56. The smallest absolute Gasteiger partial charge is 0.0543 e. The minimum absolute atomic E-state index is 0.0569. The maximum Gasteiger partial charge on any atom is 0.0543 e. The number of hydrogen-bond acceptors (Lipinski definition) is 2. The molecule has 0 amide bonds. The molecule has 1 aliphatic carbocycles. The molecule has 15 heavy (non-hydrogen) atoms. The standard InChI is InChI=1S/C12H21N3/c1-11(2,3)15-7-8(6-14-15)9-10(13)12(9,4)5/h6-7,9-10H,13H2,1-5H3/t9-,10-/m0/s1. The normalized spacial score (nSPS) is 29.2. The van der Waals surface area contributed by atoms with Crippen LogP contribution in [0.5, 0.6) is 0 Å². The molecule has 1 aromatic heterocycles. The molecule has 3 nitrogen and oxygen atoms in total. The molecule has 0 saturated heterocycles. The Bertz CT molecular complexity index is 370. The van der Waals surface area contributed by atoms with Crippen molar-refractivity contribution in [2.24, 2.45) is 11.1 Å². The summed E-state index contributed by atoms with van der Waals surface area (Å²) in [5.41, 5.74) is 7.64. The lowest BCUT2D eigenvalue weighted by Gasteiger charge is -2.18. The van der Waals surface area contributed by atoms with Gasteiger partial charge in [0.2, 0.25) is 0 Å². The van der Waals surface area contributed by atoms with Gasteiger partial charge >= 0.3 is 0 Å². The van der Waals surface area contributed by atoms with Gasteiger partial charge in [-0.3, -0.25) is 4.68 Å². The van der Waals surface area contributed by atoms with Gasteiger partial charge in [-0.15, -0.1) is 0 Å². The van der Waals surface area contributed by atoms with E-state index in [1.165, 1.54) is 5.56 Å². The molecule has 1 fully saturated rings. The van der Waals surface area contributed by atoms with E-state index in [0.717, 1.165) is 0 Å². The van der Waals surface area contributed by atoms with Crippen LogP contribution in [0.3, 0.4) is 0 Å². The number of rotatable bonds is 1. The van der Waals surface area contributed by atoms with E-state index in [9.17, 15) is 0 Å². The Kier molecular flexibility index (Phi) is 2.03. The SMILES string of the molecule is CC1(C)[C@@H](N)[C@@H]1c1cnn(C(C)(C)C)c1. The van der Waals surface area contributed by atoms with E-state index in [-0.39, 0.29) is 17.0 Å². The summed E-state index contributed by atoms with van der Waals surface area (Å²) in [5, 5.41) is 4.41. The van der Waals surface area contributed by atoms with Crippen LogP contribution in [0.4, 0.5) is 0 Å². The van der Waals surface area contributed by atoms with Crippen molar-refractivity contribution in [3.63, 3.8) is 0 Å². The third-order valence-electron chi connectivity index (χ3n) is 3.56. The molecular weight excluding hydrogens is 186 g/mol. The molecule has 1 aromatic rings. The molecule has 1 heterocycles. The number of hydrogen-bond donors (Lipinski definition) is 1. The van der Waals surface area contributed by atoms with Crippen molar-refractivity contribution in [1.82, 2.24) is 9.78 Å². The molecule has 3 heteroatoms. The molecule has 2 N–H and O–H groups in total. The molecule has 0 unspecified atom stereocenters. The molecule has 0 aliphatic heterocycles. The summed E-state index contributed by atoms with van der Waals surface area (Å²) in [6.45, 7) is 10.9. The Morgan fingerprint density at radius 1 is 1.40 bits per heavy atom. The van der Waals surface area contributed by atoms with Crippen LogP contribution in [0.1, 0.15) is 46.1 Å². The van der Waals surface area contributed by atoms with Crippen molar-refractivity contribution < 1.29 is 0 Å². The minimum Gasteiger partial charge on any atom is -0.327 e. The summed E-state index contributed by atoms with van der Waals surface area (Å²) >= 11 is 0. The summed E-state index contributed by atoms with van der Waals surface area (Å²) in [6.07, 6.45) is 4.10. The van der Waals surface area contributed by atoms with Crippen molar-refractivity contribution >= 4 is 0 Å². The third kappa shape index (κ3) is 1.59. The highest BCUT2D eigenvalue weighted by molar-refractivity contribution is 5.30. The van der Waals surface area contributed by atoms with E-state index in [1.54, 1.807) is 0 Å².